The van der Waals surface area contributed by atoms with Crippen molar-refractivity contribution in [3.8, 4) is 0 Å². The molecule has 0 aliphatic rings. The van der Waals surface area contributed by atoms with Crippen LogP contribution in [0.4, 0.5) is 11.4 Å². The molecule has 4 N–H and O–H groups in total. The van der Waals surface area contributed by atoms with Crippen molar-refractivity contribution in [1.29, 1.82) is 0 Å². The van der Waals surface area contributed by atoms with Crippen LogP contribution in [0.25, 0.3) is 0 Å². The number of hydrogen-bond donors (Lipinski definition) is 3. The highest BCUT2D eigenvalue weighted by molar-refractivity contribution is 6.00. The van der Waals surface area contributed by atoms with E-state index in [-0.39, 0.29) is 5.91 Å². The first-order chi connectivity index (χ1) is 9.10. The Morgan fingerprint density at radius 2 is 2.26 bits per heavy atom. The maximum atomic E-state index is 11.7. The number of nitrogens with one attached hydrogen (secondary N) is 2. The predicted octanol–water partition coefficient (Wildman–Crippen LogP) is 0.932. The number of nitrogens with two attached hydrogens (primary N) is 1. The Labute approximate surface area is 110 Å². The van der Waals surface area contributed by atoms with E-state index in [0.717, 1.165) is 0 Å². The number of aryl methyl sites for hydroxylation is 1. The van der Waals surface area contributed by atoms with Crippen molar-refractivity contribution in [3.63, 3.8) is 0 Å². The second-order valence-corrected chi connectivity index (χ2v) is 3.97. The maximum Gasteiger partial charge on any atom is 0.253 e. The van der Waals surface area contributed by atoms with Gasteiger partial charge in [0, 0.05) is 18.4 Å². The van der Waals surface area contributed by atoms with Gasteiger partial charge in [0.25, 0.3) is 5.91 Å². The quantitative estimate of drug-likeness (QED) is 0.707. The molecule has 1 amide bonds. The summed E-state index contributed by atoms with van der Waals surface area (Å²) in [6.07, 6.45) is 0. The molecule has 7 nitrogen and oxygen atoms in total. The molecule has 19 heavy (non-hydrogen) atoms. The molecule has 100 valence electrons. The summed E-state index contributed by atoms with van der Waals surface area (Å²) in [6.45, 7) is 2.07. The van der Waals surface area contributed by atoms with E-state index in [9.17, 15) is 4.79 Å². The summed E-state index contributed by atoms with van der Waals surface area (Å²) >= 11 is 0. The van der Waals surface area contributed by atoms with Gasteiger partial charge in [-0.15, -0.1) is 0 Å². The van der Waals surface area contributed by atoms with Gasteiger partial charge in [0.15, 0.2) is 5.82 Å². The van der Waals surface area contributed by atoms with E-state index in [0.29, 0.717) is 35.2 Å². The number of carbonyl (C=O) groups excluding carboxylic acids is 1. The van der Waals surface area contributed by atoms with Gasteiger partial charge in [-0.25, -0.2) is 0 Å². The number of carbonyl (C=O) groups is 1. The van der Waals surface area contributed by atoms with Crippen LogP contribution in [0.1, 0.15) is 22.1 Å². The smallest absolute Gasteiger partial charge is 0.253 e. The van der Waals surface area contributed by atoms with Crippen LogP contribution in [0.2, 0.25) is 0 Å². The van der Waals surface area contributed by atoms with E-state index in [1.165, 1.54) is 0 Å². The molecule has 0 aliphatic heterocycles. The molecule has 0 spiro atoms. The zero-order chi connectivity index (χ0) is 13.8. The normalized spacial score (nSPS) is 10.2. The molecule has 2 aromatic rings. The number of hydrogen-bond acceptors (Lipinski definition) is 6. The summed E-state index contributed by atoms with van der Waals surface area (Å²) < 4.78 is 4.99. The van der Waals surface area contributed by atoms with Crippen LogP contribution in [0, 0.1) is 6.92 Å². The van der Waals surface area contributed by atoms with Gasteiger partial charge in [-0.05, 0) is 25.1 Å². The minimum absolute atomic E-state index is 0.191. The Morgan fingerprint density at radius 3 is 2.89 bits per heavy atom. The topological polar surface area (TPSA) is 106 Å². The second kappa shape index (κ2) is 5.38. The molecule has 0 saturated carbocycles. The Hall–Kier alpha value is -2.57. The summed E-state index contributed by atoms with van der Waals surface area (Å²) in [5.74, 6) is 0.822. The lowest BCUT2D eigenvalue weighted by Crippen LogP contribution is -2.19. The standard InChI is InChI=1S/C12H15N5O2/c1-7-16-11(19-17-7)6-15-10-5-8(13)3-4-9(10)12(18)14-2/h3-5,15H,6,13H2,1-2H3,(H,14,18). The first kappa shape index (κ1) is 12.9. The monoisotopic (exact) mass is 261 g/mol. The third-order valence-electron chi connectivity index (χ3n) is 2.52. The van der Waals surface area contributed by atoms with E-state index in [1.807, 2.05) is 0 Å². The van der Waals surface area contributed by atoms with Crippen molar-refractivity contribution in [3.05, 3.63) is 35.5 Å². The van der Waals surface area contributed by atoms with Gasteiger partial charge in [-0.1, -0.05) is 5.16 Å². The number of rotatable bonds is 4. The number of anilines is 2. The lowest BCUT2D eigenvalue weighted by Gasteiger charge is -2.10. The highest BCUT2D eigenvalue weighted by Crippen LogP contribution is 2.19. The maximum absolute atomic E-state index is 11.7. The van der Waals surface area contributed by atoms with Crippen molar-refractivity contribution in [2.24, 2.45) is 0 Å². The van der Waals surface area contributed by atoms with Crippen LogP contribution < -0.4 is 16.4 Å². The Balaban J connectivity index is 2.18. The van der Waals surface area contributed by atoms with Crippen molar-refractivity contribution in [2.75, 3.05) is 18.1 Å². The predicted molar refractivity (Wildman–Crippen MR) is 70.6 cm³/mol. The molecule has 0 aliphatic carbocycles. The van der Waals surface area contributed by atoms with Gasteiger partial charge in [0.2, 0.25) is 5.89 Å². The minimum Gasteiger partial charge on any atom is -0.399 e. The average Bonchev–Trinajstić information content (AvgIpc) is 2.81. The summed E-state index contributed by atoms with van der Waals surface area (Å²) in [4.78, 5) is 15.8. The average molecular weight is 261 g/mol. The minimum atomic E-state index is -0.191. The summed E-state index contributed by atoms with van der Waals surface area (Å²) in [7, 11) is 1.57. The molecule has 0 fully saturated rings. The molecular weight excluding hydrogens is 246 g/mol. The van der Waals surface area contributed by atoms with E-state index in [2.05, 4.69) is 20.8 Å². The molecule has 0 unspecified atom stereocenters. The molecule has 7 heteroatoms. The van der Waals surface area contributed by atoms with Crippen LogP contribution in [-0.2, 0) is 6.54 Å². The molecular formula is C12H15N5O2. The van der Waals surface area contributed by atoms with Crippen molar-refractivity contribution >= 4 is 17.3 Å². The van der Waals surface area contributed by atoms with Gasteiger partial charge in [0.1, 0.15) is 0 Å². The zero-order valence-corrected chi connectivity index (χ0v) is 10.7. The van der Waals surface area contributed by atoms with Crippen LogP contribution in [0.5, 0.6) is 0 Å². The second-order valence-electron chi connectivity index (χ2n) is 3.97. The first-order valence-corrected chi connectivity index (χ1v) is 5.75. The van der Waals surface area contributed by atoms with Crippen LogP contribution in [0.3, 0.4) is 0 Å². The van der Waals surface area contributed by atoms with Crippen LogP contribution >= 0.6 is 0 Å². The van der Waals surface area contributed by atoms with Crippen LogP contribution in [0.15, 0.2) is 22.7 Å². The number of benzene rings is 1. The lowest BCUT2D eigenvalue weighted by atomic mass is 10.1. The number of aromatic nitrogens is 2. The largest absolute Gasteiger partial charge is 0.399 e. The highest BCUT2D eigenvalue weighted by atomic mass is 16.5. The third-order valence-corrected chi connectivity index (χ3v) is 2.52. The van der Waals surface area contributed by atoms with Crippen LogP contribution in [-0.4, -0.2) is 23.1 Å². The highest BCUT2D eigenvalue weighted by Gasteiger charge is 2.11. The van der Waals surface area contributed by atoms with Crippen molar-refractivity contribution in [2.45, 2.75) is 13.5 Å². The molecule has 1 heterocycles. The molecule has 0 bridgehead atoms. The molecule has 0 saturated heterocycles. The molecule has 1 aromatic heterocycles. The van der Waals surface area contributed by atoms with E-state index < -0.39 is 0 Å². The van der Waals surface area contributed by atoms with E-state index >= 15 is 0 Å². The SMILES string of the molecule is CNC(=O)c1ccc(N)cc1NCc1nc(C)no1. The van der Waals surface area contributed by atoms with Gasteiger partial charge in [-0.3, -0.25) is 4.79 Å². The Morgan fingerprint density at radius 1 is 1.47 bits per heavy atom. The van der Waals surface area contributed by atoms with Crippen molar-refractivity contribution in [1.82, 2.24) is 15.5 Å². The zero-order valence-electron chi connectivity index (χ0n) is 10.7. The molecule has 0 radical (unpaired) electrons. The lowest BCUT2D eigenvalue weighted by molar-refractivity contribution is 0.0964. The Kier molecular flexibility index (Phi) is 3.65. The van der Waals surface area contributed by atoms with Gasteiger partial charge in [0.05, 0.1) is 12.1 Å². The van der Waals surface area contributed by atoms with E-state index in [1.54, 1.807) is 32.2 Å². The fourth-order valence-corrected chi connectivity index (χ4v) is 1.62. The Bertz CT molecular complexity index is 594. The molecule has 0 atom stereocenters. The number of nitrogens with zero attached hydrogens (tertiary/aromatic N) is 2. The van der Waals surface area contributed by atoms with Crippen molar-refractivity contribution < 1.29 is 9.32 Å². The number of amides is 1. The molecule has 1 aromatic carbocycles. The molecule has 2 rings (SSSR count). The van der Waals surface area contributed by atoms with Gasteiger partial charge in [-0.2, -0.15) is 4.98 Å². The summed E-state index contributed by atoms with van der Waals surface area (Å²) in [6, 6.07) is 5.02. The van der Waals surface area contributed by atoms with Gasteiger partial charge < -0.3 is 20.9 Å². The number of nitrogen functional groups attached to an aromatic ring is 1. The summed E-state index contributed by atoms with van der Waals surface area (Å²) in [5.41, 5.74) is 7.41. The fraction of sp³-hybridized carbons (Fsp3) is 0.250. The first-order valence-electron chi connectivity index (χ1n) is 5.75. The van der Waals surface area contributed by atoms with Gasteiger partial charge >= 0.3 is 0 Å². The summed E-state index contributed by atoms with van der Waals surface area (Å²) in [5, 5.41) is 9.32. The van der Waals surface area contributed by atoms with E-state index in [4.69, 9.17) is 10.3 Å². The third kappa shape index (κ3) is 3.01. The fourth-order valence-electron chi connectivity index (χ4n) is 1.62.